The number of hydrogen-bond acceptors (Lipinski definition) is 4. The third-order valence-electron chi connectivity index (χ3n) is 5.98. The number of sulfone groups is 1. The van der Waals surface area contributed by atoms with Crippen molar-refractivity contribution in [2.75, 3.05) is 37.7 Å². The molecule has 2 fully saturated rings. The number of piperazine rings is 1. The molecule has 0 unspecified atom stereocenters. The lowest BCUT2D eigenvalue weighted by Crippen LogP contribution is -3.18. The van der Waals surface area contributed by atoms with E-state index >= 15 is 0 Å². The van der Waals surface area contributed by atoms with Crippen molar-refractivity contribution in [3.8, 4) is 0 Å². The lowest BCUT2D eigenvalue weighted by molar-refractivity contribution is -0.925. The molecule has 0 aromatic heterocycles. The smallest absolute Gasteiger partial charge is 0.245 e. The molecule has 7 nitrogen and oxygen atoms in total. The molecule has 2 amide bonds. The summed E-state index contributed by atoms with van der Waals surface area (Å²) in [5.74, 6) is 0.350. The van der Waals surface area contributed by atoms with Crippen LogP contribution in [0.3, 0.4) is 0 Å². The number of carbonyl (C=O) groups is 2. The summed E-state index contributed by atoms with van der Waals surface area (Å²) in [5.41, 5.74) is 0.920. The largest absolute Gasteiger partial charge is 0.344 e. The fourth-order valence-electron chi connectivity index (χ4n) is 4.26. The summed E-state index contributed by atoms with van der Waals surface area (Å²) in [4.78, 5) is 28.6. The van der Waals surface area contributed by atoms with Crippen molar-refractivity contribution in [1.29, 1.82) is 0 Å². The molecule has 1 aromatic rings. The Morgan fingerprint density at radius 2 is 1.83 bits per heavy atom. The molecule has 0 radical (unpaired) electrons. The molecule has 2 saturated heterocycles. The summed E-state index contributed by atoms with van der Waals surface area (Å²) in [6.07, 6.45) is 0.973. The van der Waals surface area contributed by atoms with Crippen molar-refractivity contribution < 1.29 is 22.9 Å². The van der Waals surface area contributed by atoms with Gasteiger partial charge in [-0.15, -0.1) is 0 Å². The first-order valence-electron chi connectivity index (χ1n) is 10.4. The van der Waals surface area contributed by atoms with Gasteiger partial charge in [-0.2, -0.15) is 0 Å². The van der Waals surface area contributed by atoms with E-state index in [-0.39, 0.29) is 41.7 Å². The lowest BCUT2D eigenvalue weighted by Gasteiger charge is -2.37. The molecule has 2 N–H and O–H groups in total. The zero-order chi connectivity index (χ0) is 21.0. The van der Waals surface area contributed by atoms with Gasteiger partial charge in [0, 0.05) is 6.42 Å². The van der Waals surface area contributed by atoms with Crippen molar-refractivity contribution in [3.05, 3.63) is 35.9 Å². The Kier molecular flexibility index (Phi) is 6.95. The van der Waals surface area contributed by atoms with Crippen molar-refractivity contribution in [3.63, 3.8) is 0 Å². The average molecular weight is 423 g/mol. The number of amides is 2. The first-order chi connectivity index (χ1) is 13.7. The Morgan fingerprint density at radius 3 is 2.38 bits per heavy atom. The molecule has 160 valence electrons. The van der Waals surface area contributed by atoms with Gasteiger partial charge in [-0.25, -0.2) is 8.42 Å². The Bertz CT molecular complexity index is 818. The maximum atomic E-state index is 13.1. The van der Waals surface area contributed by atoms with E-state index in [1.54, 1.807) is 0 Å². The molecule has 2 heterocycles. The van der Waals surface area contributed by atoms with E-state index in [4.69, 9.17) is 0 Å². The predicted octanol–water partition coefficient (Wildman–Crippen LogP) is -0.716. The van der Waals surface area contributed by atoms with Gasteiger partial charge in [0.2, 0.25) is 11.8 Å². The summed E-state index contributed by atoms with van der Waals surface area (Å²) in [7, 11) is -2.89. The van der Waals surface area contributed by atoms with Crippen LogP contribution in [-0.4, -0.2) is 74.9 Å². The van der Waals surface area contributed by atoms with Gasteiger partial charge in [-0.1, -0.05) is 44.2 Å². The molecule has 8 heteroatoms. The van der Waals surface area contributed by atoms with Gasteiger partial charge in [-0.05, 0) is 11.5 Å². The highest BCUT2D eigenvalue weighted by atomic mass is 32.2. The van der Waals surface area contributed by atoms with Gasteiger partial charge in [0.15, 0.2) is 9.84 Å². The zero-order valence-electron chi connectivity index (χ0n) is 17.3. The van der Waals surface area contributed by atoms with Gasteiger partial charge in [0.25, 0.3) is 0 Å². The maximum absolute atomic E-state index is 13.1. The summed E-state index contributed by atoms with van der Waals surface area (Å²) in [5, 5.41) is 2.92. The number of hydrogen-bond donors (Lipinski definition) is 2. The molecule has 29 heavy (non-hydrogen) atoms. The summed E-state index contributed by atoms with van der Waals surface area (Å²) in [6.45, 7) is 6.60. The van der Waals surface area contributed by atoms with Crippen LogP contribution < -0.4 is 10.2 Å². The number of nitrogens with one attached hydrogen (secondary N) is 2. The van der Waals surface area contributed by atoms with E-state index in [1.165, 1.54) is 4.90 Å². The Morgan fingerprint density at radius 1 is 1.17 bits per heavy atom. The highest BCUT2D eigenvalue weighted by Gasteiger charge is 2.38. The Hall–Kier alpha value is -1.93. The standard InChI is InChI=1S/C21H31N3O4S/c1-16(2)20(22-19(25)14-17-6-4-3-5-7-17)21(26)24-11-9-23(10-12-24)18-8-13-29(27,28)15-18/h3-7,16,18,20H,8-15H2,1-2H3,(H,22,25)/p+1/t18-,20-/m0/s1. The second-order valence-electron chi connectivity index (χ2n) is 8.54. The molecule has 0 saturated carbocycles. The second kappa shape index (κ2) is 9.26. The third-order valence-corrected chi connectivity index (χ3v) is 7.75. The molecule has 0 spiro atoms. The van der Waals surface area contributed by atoms with Gasteiger partial charge in [0.1, 0.15) is 17.8 Å². The van der Waals surface area contributed by atoms with Crippen LogP contribution in [0.25, 0.3) is 0 Å². The highest BCUT2D eigenvalue weighted by Crippen LogP contribution is 2.11. The Labute approximate surface area is 173 Å². The monoisotopic (exact) mass is 422 g/mol. The maximum Gasteiger partial charge on any atom is 0.245 e. The number of quaternary nitrogens is 1. The number of nitrogens with zero attached hydrogens (tertiary/aromatic N) is 1. The normalized spacial score (nSPS) is 23.1. The van der Waals surface area contributed by atoms with Crippen molar-refractivity contribution in [1.82, 2.24) is 10.2 Å². The van der Waals surface area contributed by atoms with Crippen molar-refractivity contribution >= 4 is 21.7 Å². The Balaban J connectivity index is 1.54. The molecular weight excluding hydrogens is 390 g/mol. The molecule has 3 rings (SSSR count). The molecule has 2 aliphatic heterocycles. The van der Waals surface area contributed by atoms with Crippen LogP contribution in [0.4, 0.5) is 0 Å². The van der Waals surface area contributed by atoms with Crippen LogP contribution in [0.15, 0.2) is 30.3 Å². The van der Waals surface area contributed by atoms with Crippen LogP contribution in [0, 0.1) is 5.92 Å². The minimum absolute atomic E-state index is 0.00688. The number of carbonyl (C=O) groups excluding carboxylic acids is 2. The SMILES string of the molecule is CC(C)[C@H](NC(=O)Cc1ccccc1)C(=O)N1CC[NH+]([C@H]2CCS(=O)(=O)C2)CC1. The first-order valence-corrected chi connectivity index (χ1v) is 12.2. The van der Waals surface area contributed by atoms with E-state index in [0.29, 0.717) is 13.1 Å². The third kappa shape index (κ3) is 5.79. The van der Waals surface area contributed by atoms with E-state index in [1.807, 2.05) is 49.1 Å². The van der Waals surface area contributed by atoms with Crippen LogP contribution >= 0.6 is 0 Å². The molecule has 2 aliphatic rings. The predicted molar refractivity (Wildman–Crippen MR) is 111 cm³/mol. The van der Waals surface area contributed by atoms with Crippen molar-refractivity contribution in [2.45, 2.75) is 38.8 Å². The minimum atomic E-state index is -2.89. The number of rotatable bonds is 6. The number of benzene rings is 1. The molecule has 0 bridgehead atoms. The fourth-order valence-corrected chi connectivity index (χ4v) is 6.08. The summed E-state index contributed by atoms with van der Waals surface area (Å²) >= 11 is 0. The zero-order valence-corrected chi connectivity index (χ0v) is 18.1. The highest BCUT2D eigenvalue weighted by molar-refractivity contribution is 7.91. The van der Waals surface area contributed by atoms with Gasteiger partial charge >= 0.3 is 0 Å². The topological polar surface area (TPSA) is 88.0 Å². The second-order valence-corrected chi connectivity index (χ2v) is 10.8. The summed E-state index contributed by atoms with van der Waals surface area (Å²) in [6, 6.07) is 9.11. The quantitative estimate of drug-likeness (QED) is 0.634. The van der Waals surface area contributed by atoms with Gasteiger partial charge in [-0.3, -0.25) is 9.59 Å². The van der Waals surface area contributed by atoms with Gasteiger partial charge in [0.05, 0.1) is 38.4 Å². The van der Waals surface area contributed by atoms with Crippen LogP contribution in [0.1, 0.15) is 25.8 Å². The fraction of sp³-hybridized carbons (Fsp3) is 0.619. The van der Waals surface area contributed by atoms with Gasteiger partial charge < -0.3 is 15.1 Å². The lowest BCUT2D eigenvalue weighted by atomic mass is 10.0. The summed E-state index contributed by atoms with van der Waals surface area (Å²) < 4.78 is 23.5. The average Bonchev–Trinajstić information content (AvgIpc) is 3.06. The molecule has 2 atom stereocenters. The van der Waals surface area contributed by atoms with Crippen LogP contribution in [0.2, 0.25) is 0 Å². The van der Waals surface area contributed by atoms with E-state index in [0.717, 1.165) is 25.1 Å². The minimum Gasteiger partial charge on any atom is -0.344 e. The first kappa shape index (κ1) is 21.8. The molecule has 1 aromatic carbocycles. The van der Waals surface area contributed by atoms with Crippen LogP contribution in [0.5, 0.6) is 0 Å². The molecule has 0 aliphatic carbocycles. The van der Waals surface area contributed by atoms with Crippen molar-refractivity contribution in [2.24, 2.45) is 5.92 Å². The van der Waals surface area contributed by atoms with E-state index in [2.05, 4.69) is 5.32 Å². The van der Waals surface area contributed by atoms with Crippen LogP contribution in [-0.2, 0) is 25.8 Å². The van der Waals surface area contributed by atoms with E-state index in [9.17, 15) is 18.0 Å². The van der Waals surface area contributed by atoms with E-state index < -0.39 is 15.9 Å². The molecular formula is C21H32N3O4S+.